The molecule has 0 saturated carbocycles. The predicted molar refractivity (Wildman–Crippen MR) is 170 cm³/mol. The third kappa shape index (κ3) is 6.22. The van der Waals surface area contributed by atoms with Gasteiger partial charge in [-0.05, 0) is 75.0 Å². The molecule has 0 bridgehead atoms. The van der Waals surface area contributed by atoms with E-state index in [0.717, 1.165) is 35.4 Å². The standard InChI is InChI=1S/C35H40BrNO7/c1-34(2)15-24-30(26(38)17-34)29(31-25(37(24)11-12-42-5)16-35(3,4)18-27(31)39)22-13-23(36)32(28(14-22)43-6)44-19-20-7-9-21(10-8-20)33(40)41/h7-10,13-14,29H,11-12,15-19H2,1-6H3,(H,40,41). The number of benzene rings is 2. The second kappa shape index (κ2) is 12.2. The molecule has 0 radical (unpaired) electrons. The number of methoxy groups -OCH3 is 2. The third-order valence-electron chi connectivity index (χ3n) is 8.71. The molecule has 1 heterocycles. The molecule has 5 rings (SSSR count). The minimum Gasteiger partial charge on any atom is -0.493 e. The number of hydrogen-bond donors (Lipinski definition) is 1. The second-order valence-electron chi connectivity index (χ2n) is 13.5. The summed E-state index contributed by atoms with van der Waals surface area (Å²) >= 11 is 3.69. The van der Waals surface area contributed by atoms with E-state index in [1.54, 1.807) is 26.4 Å². The molecule has 2 aromatic rings. The lowest BCUT2D eigenvalue weighted by atomic mass is 9.63. The lowest BCUT2D eigenvalue weighted by molar-refractivity contribution is -0.119. The van der Waals surface area contributed by atoms with E-state index in [1.807, 2.05) is 12.1 Å². The van der Waals surface area contributed by atoms with E-state index < -0.39 is 11.9 Å². The Morgan fingerprint density at radius 3 is 2.00 bits per heavy atom. The number of rotatable bonds is 9. The number of nitrogens with zero attached hydrogens (tertiary/aromatic N) is 1. The van der Waals surface area contributed by atoms with Gasteiger partial charge in [0.05, 0.1) is 23.8 Å². The van der Waals surface area contributed by atoms with Crippen LogP contribution in [0, 0.1) is 10.8 Å². The molecule has 0 amide bonds. The Bertz CT molecular complexity index is 1510. The predicted octanol–water partition coefficient (Wildman–Crippen LogP) is 7.07. The van der Waals surface area contributed by atoms with Gasteiger partial charge in [-0.15, -0.1) is 0 Å². The molecule has 3 aliphatic rings. The van der Waals surface area contributed by atoms with Gasteiger partial charge in [0.25, 0.3) is 0 Å². The molecular weight excluding hydrogens is 626 g/mol. The Balaban J connectivity index is 1.61. The average molecular weight is 667 g/mol. The maximum Gasteiger partial charge on any atom is 0.335 e. The van der Waals surface area contributed by atoms with Crippen molar-refractivity contribution in [3.63, 3.8) is 0 Å². The van der Waals surface area contributed by atoms with Crippen LogP contribution in [0.5, 0.6) is 11.5 Å². The van der Waals surface area contributed by atoms with Crippen molar-refractivity contribution in [3.05, 3.63) is 80.1 Å². The molecule has 2 aromatic carbocycles. The van der Waals surface area contributed by atoms with Gasteiger partial charge in [0.1, 0.15) is 6.61 Å². The summed E-state index contributed by atoms with van der Waals surface area (Å²) < 4.78 is 18.1. The molecule has 0 aromatic heterocycles. The molecule has 1 N–H and O–H groups in total. The van der Waals surface area contributed by atoms with Crippen LogP contribution in [0.15, 0.2) is 63.4 Å². The van der Waals surface area contributed by atoms with Crippen molar-refractivity contribution in [1.82, 2.24) is 4.90 Å². The summed E-state index contributed by atoms with van der Waals surface area (Å²) in [6.45, 7) is 9.74. The molecular formula is C35H40BrNO7. The monoisotopic (exact) mass is 665 g/mol. The molecule has 44 heavy (non-hydrogen) atoms. The normalized spacial score (nSPS) is 19.6. The number of Topliss-reactive ketones (excluding diaryl/α,β-unsaturated/α-hetero) is 2. The summed E-state index contributed by atoms with van der Waals surface area (Å²) in [4.78, 5) is 41.5. The maximum absolute atomic E-state index is 14.0. The van der Waals surface area contributed by atoms with Crippen molar-refractivity contribution in [2.75, 3.05) is 27.4 Å². The molecule has 8 nitrogen and oxygen atoms in total. The largest absolute Gasteiger partial charge is 0.493 e. The SMILES string of the molecule is COCCN1C2=C(C(=O)CC(C)(C)C2)C(c2cc(Br)c(OCc3ccc(C(=O)O)cc3)c(OC)c2)C2=C1CC(C)(C)CC2=O. The molecule has 234 valence electrons. The second-order valence-corrected chi connectivity index (χ2v) is 14.4. The van der Waals surface area contributed by atoms with Crippen molar-refractivity contribution in [3.8, 4) is 11.5 Å². The van der Waals surface area contributed by atoms with Gasteiger partial charge in [-0.2, -0.15) is 0 Å². The van der Waals surface area contributed by atoms with E-state index in [2.05, 4.69) is 48.5 Å². The first-order chi connectivity index (χ1) is 20.7. The van der Waals surface area contributed by atoms with E-state index in [-0.39, 0.29) is 34.6 Å². The molecule has 0 fully saturated rings. The highest BCUT2D eigenvalue weighted by atomic mass is 79.9. The van der Waals surface area contributed by atoms with E-state index in [4.69, 9.17) is 14.2 Å². The third-order valence-corrected chi connectivity index (χ3v) is 9.30. The van der Waals surface area contributed by atoms with E-state index >= 15 is 0 Å². The van der Waals surface area contributed by atoms with Gasteiger partial charge < -0.3 is 24.2 Å². The Labute approximate surface area is 267 Å². The fourth-order valence-electron chi connectivity index (χ4n) is 6.78. The number of ketones is 2. The summed E-state index contributed by atoms with van der Waals surface area (Å²) in [6.07, 6.45) is 2.26. The highest BCUT2D eigenvalue weighted by molar-refractivity contribution is 9.10. The van der Waals surface area contributed by atoms with Gasteiger partial charge in [-0.25, -0.2) is 4.79 Å². The molecule has 1 aliphatic heterocycles. The summed E-state index contributed by atoms with van der Waals surface area (Å²) in [6, 6.07) is 10.3. The number of ether oxygens (including phenoxy) is 3. The molecule has 0 spiro atoms. The van der Waals surface area contributed by atoms with E-state index in [9.17, 15) is 19.5 Å². The quantitative estimate of drug-likeness (QED) is 0.304. The van der Waals surface area contributed by atoms with Crippen LogP contribution >= 0.6 is 15.9 Å². The van der Waals surface area contributed by atoms with Crippen molar-refractivity contribution in [2.45, 2.75) is 65.9 Å². The Morgan fingerprint density at radius 1 is 0.932 bits per heavy atom. The summed E-state index contributed by atoms with van der Waals surface area (Å²) in [5.74, 6) is -0.435. The Kier molecular flexibility index (Phi) is 8.84. The van der Waals surface area contributed by atoms with Crippen LogP contribution in [-0.4, -0.2) is 54.9 Å². The van der Waals surface area contributed by atoms with Crippen molar-refractivity contribution in [2.24, 2.45) is 10.8 Å². The molecule has 0 saturated heterocycles. The smallest absolute Gasteiger partial charge is 0.335 e. The average Bonchev–Trinajstić information content (AvgIpc) is 2.93. The zero-order valence-electron chi connectivity index (χ0n) is 26.2. The lowest BCUT2D eigenvalue weighted by Crippen LogP contribution is -2.45. The fraction of sp³-hybridized carbons (Fsp3) is 0.457. The van der Waals surface area contributed by atoms with Gasteiger partial charge in [0.2, 0.25) is 0 Å². The summed E-state index contributed by atoms with van der Waals surface area (Å²) in [5.41, 5.74) is 4.71. The van der Waals surface area contributed by atoms with Crippen LogP contribution < -0.4 is 9.47 Å². The van der Waals surface area contributed by atoms with Crippen molar-refractivity contribution < 1.29 is 33.7 Å². The van der Waals surface area contributed by atoms with Crippen LogP contribution in [0.4, 0.5) is 0 Å². The van der Waals surface area contributed by atoms with Crippen LogP contribution in [-0.2, 0) is 20.9 Å². The number of halogens is 1. The number of carbonyl (C=O) groups is 3. The van der Waals surface area contributed by atoms with Gasteiger partial charge in [0, 0.05) is 55.0 Å². The number of hydrogen-bond acceptors (Lipinski definition) is 7. The topological polar surface area (TPSA) is 102 Å². The van der Waals surface area contributed by atoms with Crippen LogP contribution in [0.25, 0.3) is 0 Å². The van der Waals surface area contributed by atoms with Crippen LogP contribution in [0.1, 0.15) is 80.8 Å². The van der Waals surface area contributed by atoms with Crippen molar-refractivity contribution in [1.29, 1.82) is 0 Å². The highest BCUT2D eigenvalue weighted by Gasteiger charge is 2.49. The molecule has 0 unspecified atom stereocenters. The Morgan fingerprint density at radius 2 is 1.50 bits per heavy atom. The molecule has 0 atom stereocenters. The lowest BCUT2D eigenvalue weighted by Gasteiger charge is -2.49. The minimum atomic E-state index is -0.987. The van der Waals surface area contributed by atoms with E-state index in [1.165, 1.54) is 12.1 Å². The van der Waals surface area contributed by atoms with E-state index in [0.29, 0.717) is 53.1 Å². The maximum atomic E-state index is 14.0. The molecule has 2 aliphatic carbocycles. The first-order valence-electron chi connectivity index (χ1n) is 14.9. The number of carbonyl (C=O) groups excluding carboxylic acids is 2. The number of allylic oxidation sites excluding steroid dienone is 4. The minimum absolute atomic E-state index is 0.0630. The van der Waals surface area contributed by atoms with Crippen LogP contribution in [0.2, 0.25) is 0 Å². The highest BCUT2D eigenvalue weighted by Crippen LogP contribution is 2.55. The first kappa shape index (κ1) is 32.0. The fourth-order valence-corrected chi connectivity index (χ4v) is 7.35. The Hall–Kier alpha value is -3.43. The van der Waals surface area contributed by atoms with Gasteiger partial charge in [0.15, 0.2) is 23.1 Å². The number of carboxylic acids is 1. The zero-order valence-corrected chi connectivity index (χ0v) is 27.8. The zero-order chi connectivity index (χ0) is 32.0. The van der Waals surface area contributed by atoms with Gasteiger partial charge >= 0.3 is 5.97 Å². The number of carboxylic acid groups (broad SMARTS) is 1. The molecule has 9 heteroatoms. The first-order valence-corrected chi connectivity index (χ1v) is 15.7. The summed E-state index contributed by atoms with van der Waals surface area (Å²) in [7, 11) is 3.23. The van der Waals surface area contributed by atoms with Gasteiger partial charge in [-0.3, -0.25) is 9.59 Å². The summed E-state index contributed by atoms with van der Waals surface area (Å²) in [5, 5.41) is 9.19. The number of aromatic carboxylic acids is 1. The van der Waals surface area contributed by atoms with Gasteiger partial charge in [-0.1, -0.05) is 39.8 Å². The van der Waals surface area contributed by atoms with Crippen molar-refractivity contribution >= 4 is 33.5 Å². The van der Waals surface area contributed by atoms with Crippen LogP contribution in [0.3, 0.4) is 0 Å².